The summed E-state index contributed by atoms with van der Waals surface area (Å²) in [6, 6.07) is 0. The van der Waals surface area contributed by atoms with Gasteiger partial charge in [-0.25, -0.2) is 0 Å². The summed E-state index contributed by atoms with van der Waals surface area (Å²) in [6.45, 7) is -0.113. The van der Waals surface area contributed by atoms with Crippen LogP contribution in [0.4, 0.5) is 0 Å². The van der Waals surface area contributed by atoms with Gasteiger partial charge in [0.1, 0.15) is 6.73 Å². The largest absolute Gasteiger partial charge is 0.481 e. The Labute approximate surface area is 70.5 Å². The first kappa shape index (κ1) is 10.9. The lowest BCUT2D eigenvalue weighted by atomic mass is 10.2. The number of hydrogen-bond acceptors (Lipinski definition) is 4. The van der Waals surface area contributed by atoms with Crippen molar-refractivity contribution < 1.29 is 19.4 Å². The molecule has 0 rings (SSSR count). The van der Waals surface area contributed by atoms with Crippen LogP contribution in [-0.2, 0) is 14.3 Å². The van der Waals surface area contributed by atoms with Crippen LogP contribution in [0, 0.1) is 0 Å². The van der Waals surface area contributed by atoms with Gasteiger partial charge in [0.15, 0.2) is 0 Å². The number of carboxylic acid groups (broad SMARTS) is 1. The Balaban J connectivity index is 3.19. The summed E-state index contributed by atoms with van der Waals surface area (Å²) in [5, 5.41) is 8.25. The van der Waals surface area contributed by atoms with E-state index >= 15 is 0 Å². The van der Waals surface area contributed by atoms with Crippen LogP contribution in [0.3, 0.4) is 0 Å². The summed E-state index contributed by atoms with van der Waals surface area (Å²) < 4.78 is 4.44. The Hall–Kier alpha value is -1.10. The Morgan fingerprint density at radius 1 is 1.25 bits per heavy atom. The van der Waals surface area contributed by atoms with E-state index in [2.05, 4.69) is 4.74 Å². The number of carbonyl (C=O) groups is 2. The van der Waals surface area contributed by atoms with Crippen molar-refractivity contribution >= 4 is 11.9 Å². The van der Waals surface area contributed by atoms with Gasteiger partial charge >= 0.3 is 11.9 Å². The van der Waals surface area contributed by atoms with Gasteiger partial charge in [0.25, 0.3) is 0 Å². The number of esters is 1. The van der Waals surface area contributed by atoms with E-state index in [1.807, 2.05) is 0 Å². The van der Waals surface area contributed by atoms with Crippen molar-refractivity contribution in [1.82, 2.24) is 0 Å². The van der Waals surface area contributed by atoms with E-state index in [1.54, 1.807) is 0 Å². The number of carboxylic acids is 1. The van der Waals surface area contributed by atoms with Crippen LogP contribution in [0.1, 0.15) is 25.7 Å². The lowest BCUT2D eigenvalue weighted by Gasteiger charge is -1.99. The Kier molecular flexibility index (Phi) is 6.00. The molecule has 0 bridgehead atoms. The minimum absolute atomic E-state index is 0.0932. The first-order valence-electron chi connectivity index (χ1n) is 3.74. The molecule has 0 spiro atoms. The second kappa shape index (κ2) is 6.60. The molecule has 0 amide bonds. The molecule has 0 heterocycles. The average molecular weight is 175 g/mol. The van der Waals surface area contributed by atoms with Crippen molar-refractivity contribution in [2.75, 3.05) is 6.73 Å². The minimum atomic E-state index is -0.845. The van der Waals surface area contributed by atoms with Gasteiger partial charge in [0.2, 0.25) is 0 Å². The molecule has 0 aliphatic rings. The van der Waals surface area contributed by atoms with E-state index in [4.69, 9.17) is 10.8 Å². The maximum absolute atomic E-state index is 10.6. The van der Waals surface area contributed by atoms with E-state index in [0.29, 0.717) is 12.8 Å². The molecule has 0 unspecified atom stereocenters. The van der Waals surface area contributed by atoms with Gasteiger partial charge in [0.05, 0.1) is 0 Å². The van der Waals surface area contributed by atoms with E-state index in [9.17, 15) is 9.59 Å². The van der Waals surface area contributed by atoms with E-state index < -0.39 is 5.97 Å². The first-order valence-corrected chi connectivity index (χ1v) is 3.74. The molecule has 0 aliphatic heterocycles. The molecule has 0 aliphatic carbocycles. The third-order valence-electron chi connectivity index (χ3n) is 1.27. The van der Waals surface area contributed by atoms with Crippen LogP contribution in [0.15, 0.2) is 0 Å². The van der Waals surface area contributed by atoms with Gasteiger partial charge in [-0.1, -0.05) is 0 Å². The van der Waals surface area contributed by atoms with Crippen molar-refractivity contribution in [3.63, 3.8) is 0 Å². The first-order chi connectivity index (χ1) is 5.66. The monoisotopic (exact) mass is 175 g/mol. The highest BCUT2D eigenvalue weighted by molar-refractivity contribution is 5.69. The predicted molar refractivity (Wildman–Crippen MR) is 41.3 cm³/mol. The van der Waals surface area contributed by atoms with Gasteiger partial charge in [-0.3, -0.25) is 15.3 Å². The Bertz CT molecular complexity index is 157. The fraction of sp³-hybridized carbons (Fsp3) is 0.714. The second-order valence-electron chi connectivity index (χ2n) is 2.28. The summed E-state index contributed by atoms with van der Waals surface area (Å²) in [5.74, 6) is -1.22. The number of hydrogen-bond donors (Lipinski definition) is 2. The fourth-order valence-electron chi connectivity index (χ4n) is 0.711. The highest BCUT2D eigenvalue weighted by atomic mass is 16.5. The standard InChI is InChI=1S/C7H13NO4/c8-5-12-7(11)4-2-1-3-6(9)10/h1-5,8H2,(H,9,10). The summed E-state index contributed by atoms with van der Waals surface area (Å²) in [4.78, 5) is 20.7. The number of rotatable bonds is 6. The zero-order chi connectivity index (χ0) is 9.40. The lowest BCUT2D eigenvalue weighted by Crippen LogP contribution is -2.11. The number of unbranched alkanes of at least 4 members (excludes halogenated alkanes) is 1. The minimum Gasteiger partial charge on any atom is -0.481 e. The normalized spacial score (nSPS) is 9.42. The third kappa shape index (κ3) is 7.01. The quantitative estimate of drug-likeness (QED) is 0.339. The third-order valence-corrected chi connectivity index (χ3v) is 1.27. The van der Waals surface area contributed by atoms with E-state index in [-0.39, 0.29) is 25.5 Å². The molecule has 5 heteroatoms. The lowest BCUT2D eigenvalue weighted by molar-refractivity contribution is -0.144. The number of ether oxygens (including phenoxy) is 1. The molecule has 5 nitrogen and oxygen atoms in total. The molecular formula is C7H13NO4. The molecule has 0 aromatic heterocycles. The maximum Gasteiger partial charge on any atom is 0.307 e. The summed E-state index contributed by atoms with van der Waals surface area (Å²) in [5.41, 5.74) is 4.94. The highest BCUT2D eigenvalue weighted by Gasteiger charge is 2.02. The van der Waals surface area contributed by atoms with Crippen molar-refractivity contribution in [3.05, 3.63) is 0 Å². The molecule has 0 aromatic carbocycles. The summed E-state index contributed by atoms with van der Waals surface area (Å²) in [7, 11) is 0. The molecule has 0 atom stereocenters. The molecule has 0 saturated carbocycles. The van der Waals surface area contributed by atoms with E-state index in [0.717, 1.165) is 0 Å². The van der Waals surface area contributed by atoms with Crippen LogP contribution < -0.4 is 5.73 Å². The van der Waals surface area contributed by atoms with Gasteiger partial charge in [-0.15, -0.1) is 0 Å². The second-order valence-corrected chi connectivity index (χ2v) is 2.28. The van der Waals surface area contributed by atoms with Crippen LogP contribution in [0.2, 0.25) is 0 Å². The molecule has 0 fully saturated rings. The molecule has 0 saturated heterocycles. The zero-order valence-electron chi connectivity index (χ0n) is 6.78. The van der Waals surface area contributed by atoms with Gasteiger partial charge in [-0.05, 0) is 12.8 Å². The fourth-order valence-corrected chi connectivity index (χ4v) is 0.711. The average Bonchev–Trinajstić information content (AvgIpc) is 1.98. The Morgan fingerprint density at radius 2 is 1.83 bits per heavy atom. The van der Waals surface area contributed by atoms with Crippen molar-refractivity contribution in [1.29, 1.82) is 0 Å². The molecular weight excluding hydrogens is 162 g/mol. The Morgan fingerprint density at radius 3 is 2.33 bits per heavy atom. The van der Waals surface area contributed by atoms with Gasteiger partial charge in [0, 0.05) is 12.8 Å². The molecule has 0 radical (unpaired) electrons. The van der Waals surface area contributed by atoms with Crippen molar-refractivity contribution in [2.24, 2.45) is 5.73 Å². The predicted octanol–water partition coefficient (Wildman–Crippen LogP) is 0.0908. The SMILES string of the molecule is NCOC(=O)CCCCC(=O)O. The van der Waals surface area contributed by atoms with Crippen molar-refractivity contribution in [2.45, 2.75) is 25.7 Å². The number of nitrogens with two attached hydrogens (primary N) is 1. The topological polar surface area (TPSA) is 89.6 Å². The van der Waals surface area contributed by atoms with E-state index in [1.165, 1.54) is 0 Å². The summed E-state index contributed by atoms with van der Waals surface area (Å²) in [6.07, 6.45) is 1.36. The van der Waals surface area contributed by atoms with Gasteiger partial charge < -0.3 is 9.84 Å². The molecule has 12 heavy (non-hydrogen) atoms. The highest BCUT2D eigenvalue weighted by Crippen LogP contribution is 2.00. The number of carbonyl (C=O) groups excluding carboxylic acids is 1. The van der Waals surface area contributed by atoms with Crippen molar-refractivity contribution in [3.8, 4) is 0 Å². The van der Waals surface area contributed by atoms with Gasteiger partial charge in [-0.2, -0.15) is 0 Å². The summed E-state index contributed by atoms with van der Waals surface area (Å²) >= 11 is 0. The van der Waals surface area contributed by atoms with Crippen LogP contribution in [0.5, 0.6) is 0 Å². The maximum atomic E-state index is 10.6. The van der Waals surface area contributed by atoms with Crippen LogP contribution in [-0.4, -0.2) is 23.8 Å². The number of aliphatic carboxylic acids is 1. The van der Waals surface area contributed by atoms with Crippen LogP contribution in [0.25, 0.3) is 0 Å². The molecule has 70 valence electrons. The smallest absolute Gasteiger partial charge is 0.307 e. The molecule has 3 N–H and O–H groups in total. The molecule has 0 aromatic rings. The zero-order valence-corrected chi connectivity index (χ0v) is 6.78. The van der Waals surface area contributed by atoms with Crippen LogP contribution >= 0.6 is 0 Å².